The van der Waals surface area contributed by atoms with Crippen molar-refractivity contribution in [3.63, 3.8) is 0 Å². The minimum Gasteiger partial charge on any atom is -0.490 e. The first-order valence-corrected chi connectivity index (χ1v) is 32.6. The fourth-order valence-electron chi connectivity index (χ4n) is 10.3. The van der Waals surface area contributed by atoms with Crippen LogP contribution in [0, 0.1) is 0 Å². The van der Waals surface area contributed by atoms with E-state index in [1.807, 2.05) is 24.3 Å². The van der Waals surface area contributed by atoms with Gasteiger partial charge in [-0.15, -0.1) is 22.7 Å². The van der Waals surface area contributed by atoms with E-state index in [-0.39, 0.29) is 5.57 Å². The van der Waals surface area contributed by atoms with Gasteiger partial charge in [0.25, 0.3) is 11.8 Å². The van der Waals surface area contributed by atoms with Gasteiger partial charge in [0.05, 0.1) is 19.8 Å². The van der Waals surface area contributed by atoms with Gasteiger partial charge < -0.3 is 18.9 Å². The van der Waals surface area contributed by atoms with E-state index in [1.54, 1.807) is 28.7 Å². The average Bonchev–Trinajstić information content (AvgIpc) is 4.18. The van der Waals surface area contributed by atoms with Crippen LogP contribution in [0.25, 0.3) is 36.4 Å². The number of urea groups is 1. The lowest BCUT2D eigenvalue weighted by molar-refractivity contribution is -0.134. The van der Waals surface area contributed by atoms with Gasteiger partial charge in [0, 0.05) is 33.2 Å². The summed E-state index contributed by atoms with van der Waals surface area (Å²) in [5.41, 5.74) is 3.87. The molecule has 2 aromatic heterocycles. The quantitative estimate of drug-likeness (QED) is 0.0218. The number of benzene rings is 3. The summed E-state index contributed by atoms with van der Waals surface area (Å²) in [6.45, 7) is 9.18. The van der Waals surface area contributed by atoms with Crippen LogP contribution in [0.1, 0.15) is 225 Å². The summed E-state index contributed by atoms with van der Waals surface area (Å²) in [5, 5.41) is 0. The molecule has 0 aliphatic carbocycles. The Morgan fingerprint density at radius 2 is 0.772 bits per heavy atom. The lowest BCUT2D eigenvalue weighted by Crippen LogP contribution is -2.52. The molecule has 0 unspecified atom stereocenters. The Morgan fingerprint density at radius 3 is 1.16 bits per heavy atom. The van der Waals surface area contributed by atoms with Crippen molar-refractivity contribution in [3.8, 4) is 43.9 Å². The second-order valence-electron chi connectivity index (χ2n) is 22.0. The normalized spacial score (nSPS) is 12.8. The molecule has 79 heavy (non-hydrogen) atoms. The standard InChI is InChI=1S/C68H96N2O7S2/c1-6-9-12-15-18-21-24-27-30-33-44-74-59-48-54(49-60(75-45-34-31-28-25-22-19-16-13-10-7-2)65(59)76-46-35-32-29-26-23-20-17-14-11-8-3)52-77-57-42-40-56(41-43-57)62-51-64-63(79-62)50-61(78-64)55-38-36-53(37-39-55)47-58-66(71)69(4)68(73)70(5)67(58)72/h36-43,47-51H,6-35,44-46,52H2,1-5H3. The van der Waals surface area contributed by atoms with Gasteiger partial charge in [-0.1, -0.05) is 218 Å². The number of barbiturate groups is 1. The molecule has 1 saturated heterocycles. The minimum absolute atomic E-state index is 0.0332. The number of amides is 4. The van der Waals surface area contributed by atoms with Gasteiger partial charge in [0.15, 0.2) is 11.5 Å². The highest BCUT2D eigenvalue weighted by atomic mass is 32.1. The van der Waals surface area contributed by atoms with Crippen molar-refractivity contribution in [1.82, 2.24) is 9.80 Å². The first-order valence-electron chi connectivity index (χ1n) is 30.9. The Labute approximate surface area is 483 Å². The van der Waals surface area contributed by atoms with E-state index in [0.29, 0.717) is 32.0 Å². The zero-order chi connectivity index (χ0) is 55.9. The molecule has 0 bridgehead atoms. The maximum Gasteiger partial charge on any atom is 0.333 e. The summed E-state index contributed by atoms with van der Waals surface area (Å²) in [4.78, 5) is 41.9. The number of unbranched alkanes of at least 4 members (excludes halogenated alkanes) is 27. The number of carbonyl (C=O) groups is 3. The van der Waals surface area contributed by atoms with Gasteiger partial charge >= 0.3 is 6.03 Å². The van der Waals surface area contributed by atoms with Crippen molar-refractivity contribution in [2.24, 2.45) is 0 Å². The molecule has 4 amide bonds. The van der Waals surface area contributed by atoms with E-state index in [4.69, 9.17) is 18.9 Å². The molecule has 432 valence electrons. The van der Waals surface area contributed by atoms with Crippen LogP contribution in [0.15, 0.2) is 78.4 Å². The van der Waals surface area contributed by atoms with Crippen molar-refractivity contribution in [2.45, 2.75) is 220 Å². The summed E-state index contributed by atoms with van der Waals surface area (Å²) in [6.07, 6.45) is 40.0. The van der Waals surface area contributed by atoms with Crippen molar-refractivity contribution < 1.29 is 33.3 Å². The summed E-state index contributed by atoms with van der Waals surface area (Å²) in [7, 11) is 2.77. The second kappa shape index (κ2) is 36.3. The number of ether oxygens (including phenoxy) is 4. The number of nitrogens with zero attached hydrogens (tertiary/aromatic N) is 2. The van der Waals surface area contributed by atoms with Gasteiger partial charge in [-0.25, -0.2) is 4.79 Å². The van der Waals surface area contributed by atoms with Crippen molar-refractivity contribution in [3.05, 3.63) is 89.5 Å². The van der Waals surface area contributed by atoms with Gasteiger partial charge in [-0.05, 0) is 96.1 Å². The fourth-order valence-corrected chi connectivity index (χ4v) is 12.7. The Bertz CT molecular complexity index is 2480. The molecule has 5 aromatic rings. The molecule has 1 aliphatic rings. The second-order valence-corrected chi connectivity index (χ2v) is 24.1. The molecule has 0 atom stereocenters. The number of hydrogen-bond donors (Lipinski definition) is 0. The Morgan fingerprint density at radius 1 is 0.418 bits per heavy atom. The highest BCUT2D eigenvalue weighted by molar-refractivity contribution is 7.31. The van der Waals surface area contributed by atoms with Crippen LogP contribution >= 0.6 is 22.7 Å². The van der Waals surface area contributed by atoms with Crippen molar-refractivity contribution >= 4 is 56.0 Å². The number of fused-ring (bicyclic) bond motifs is 1. The summed E-state index contributed by atoms with van der Waals surface area (Å²) < 4.78 is 29.0. The predicted octanol–water partition coefficient (Wildman–Crippen LogP) is 20.2. The molecule has 6 rings (SSSR count). The topological polar surface area (TPSA) is 94.6 Å². The third kappa shape index (κ3) is 21.4. The smallest absolute Gasteiger partial charge is 0.333 e. The van der Waals surface area contributed by atoms with Crippen LogP contribution in [0.2, 0.25) is 0 Å². The average molecular weight is 1120 g/mol. The monoisotopic (exact) mass is 1120 g/mol. The van der Waals surface area contributed by atoms with Crippen LogP contribution in [0.5, 0.6) is 23.0 Å². The Kier molecular flexibility index (Phi) is 29.0. The van der Waals surface area contributed by atoms with Crippen LogP contribution in [0.4, 0.5) is 4.79 Å². The highest BCUT2D eigenvalue weighted by Crippen LogP contribution is 2.43. The SMILES string of the molecule is CCCCCCCCCCCCOc1cc(COc2ccc(-c3cc4sc(-c5ccc(C=C6C(=O)N(C)C(=O)N(C)C6=O)cc5)cc4s3)cc2)cc(OCCCCCCCCCCCC)c1OCCCCCCCCCCCC. The Balaban J connectivity index is 1.08. The van der Waals surface area contributed by atoms with Gasteiger partial charge in [-0.2, -0.15) is 0 Å². The number of rotatable bonds is 42. The number of thiophene rings is 2. The zero-order valence-electron chi connectivity index (χ0n) is 49.1. The molecule has 3 heterocycles. The number of carbonyl (C=O) groups excluding carboxylic acids is 3. The van der Waals surface area contributed by atoms with E-state index in [1.165, 1.54) is 202 Å². The molecule has 0 N–H and O–H groups in total. The molecule has 1 aliphatic heterocycles. The molecular weight excluding hydrogens is 1020 g/mol. The fraction of sp³-hybridized carbons (Fsp3) is 0.574. The van der Waals surface area contributed by atoms with Crippen LogP contribution in [-0.4, -0.2) is 61.6 Å². The molecule has 3 aromatic carbocycles. The molecular formula is C68H96N2O7S2. The third-order valence-electron chi connectivity index (χ3n) is 15.2. The first-order chi connectivity index (χ1) is 38.7. The van der Waals surface area contributed by atoms with E-state index in [2.05, 4.69) is 69.3 Å². The summed E-state index contributed by atoms with van der Waals surface area (Å²) in [6, 6.07) is 24.3. The van der Waals surface area contributed by atoms with Gasteiger partial charge in [0.1, 0.15) is 17.9 Å². The zero-order valence-corrected chi connectivity index (χ0v) is 50.7. The minimum atomic E-state index is -0.633. The van der Waals surface area contributed by atoms with Gasteiger partial charge in [-0.3, -0.25) is 19.4 Å². The lowest BCUT2D eigenvalue weighted by atomic mass is 10.0. The number of imide groups is 2. The van der Waals surface area contributed by atoms with E-state index >= 15 is 0 Å². The van der Waals surface area contributed by atoms with E-state index in [9.17, 15) is 14.4 Å². The molecule has 11 heteroatoms. The number of likely N-dealkylation sites (N-methyl/N-ethyl adjacent to an activating group) is 2. The summed E-state index contributed by atoms with van der Waals surface area (Å²) >= 11 is 3.51. The van der Waals surface area contributed by atoms with Gasteiger partial charge in [0.2, 0.25) is 5.75 Å². The maximum absolute atomic E-state index is 12.7. The van der Waals surface area contributed by atoms with Crippen molar-refractivity contribution in [2.75, 3.05) is 33.9 Å². The molecule has 0 spiro atoms. The maximum atomic E-state index is 12.7. The van der Waals surface area contributed by atoms with E-state index in [0.717, 1.165) is 73.6 Å². The van der Waals surface area contributed by atoms with Crippen LogP contribution in [0.3, 0.4) is 0 Å². The Hall–Kier alpha value is -5.13. The third-order valence-corrected chi connectivity index (χ3v) is 17.6. The highest BCUT2D eigenvalue weighted by Gasteiger charge is 2.37. The molecule has 0 radical (unpaired) electrons. The molecule has 1 fully saturated rings. The molecule has 9 nitrogen and oxygen atoms in total. The van der Waals surface area contributed by atoms with Crippen molar-refractivity contribution in [1.29, 1.82) is 0 Å². The number of hydrogen-bond acceptors (Lipinski definition) is 9. The molecule has 0 saturated carbocycles. The lowest BCUT2D eigenvalue weighted by Gasteiger charge is -2.28. The first kappa shape index (κ1) is 63.1. The largest absolute Gasteiger partial charge is 0.490 e. The van der Waals surface area contributed by atoms with Crippen LogP contribution < -0.4 is 18.9 Å². The predicted molar refractivity (Wildman–Crippen MR) is 332 cm³/mol. The summed E-state index contributed by atoms with van der Waals surface area (Å²) in [5.74, 6) is 1.87. The van der Waals surface area contributed by atoms with E-state index < -0.39 is 17.8 Å². The van der Waals surface area contributed by atoms with Crippen LogP contribution in [-0.2, 0) is 16.2 Å².